The third-order valence-corrected chi connectivity index (χ3v) is 4.55. The SMILES string of the molecule is CCCCNC(=NCC1(c2ccc3c(c2)OCO3)CC1)NCC.I. The zero-order valence-electron chi connectivity index (χ0n) is 14.6. The van der Waals surface area contributed by atoms with E-state index in [-0.39, 0.29) is 29.4 Å². The summed E-state index contributed by atoms with van der Waals surface area (Å²) in [6, 6.07) is 6.31. The number of nitrogens with zero attached hydrogens (tertiary/aromatic N) is 1. The predicted octanol–water partition coefficient (Wildman–Crippen LogP) is 3.42. The van der Waals surface area contributed by atoms with E-state index in [2.05, 4.69) is 36.6 Å². The molecule has 2 aliphatic rings. The summed E-state index contributed by atoms with van der Waals surface area (Å²) in [7, 11) is 0. The van der Waals surface area contributed by atoms with Crippen LogP contribution in [-0.2, 0) is 5.41 Å². The van der Waals surface area contributed by atoms with Gasteiger partial charge in [-0.05, 0) is 43.9 Å². The Balaban J connectivity index is 0.00000208. The molecule has 1 fully saturated rings. The van der Waals surface area contributed by atoms with Crippen LogP contribution in [-0.4, -0.2) is 32.4 Å². The molecule has 0 unspecified atom stereocenters. The third-order valence-electron chi connectivity index (χ3n) is 4.55. The minimum absolute atomic E-state index is 0. The molecule has 1 aliphatic carbocycles. The molecule has 24 heavy (non-hydrogen) atoms. The van der Waals surface area contributed by atoms with Crippen molar-refractivity contribution in [2.24, 2.45) is 4.99 Å². The monoisotopic (exact) mass is 445 g/mol. The highest BCUT2D eigenvalue weighted by Crippen LogP contribution is 2.50. The molecule has 0 atom stereocenters. The molecule has 6 heteroatoms. The number of fused-ring (bicyclic) bond motifs is 1. The normalized spacial score (nSPS) is 17.2. The number of unbranched alkanes of at least 4 members (excludes halogenated alkanes) is 1. The van der Waals surface area contributed by atoms with Crippen molar-refractivity contribution >= 4 is 29.9 Å². The van der Waals surface area contributed by atoms with Gasteiger partial charge >= 0.3 is 0 Å². The fraction of sp³-hybridized carbons (Fsp3) is 0.611. The van der Waals surface area contributed by atoms with Crippen LogP contribution in [0.15, 0.2) is 23.2 Å². The molecule has 134 valence electrons. The van der Waals surface area contributed by atoms with Gasteiger partial charge in [0.05, 0.1) is 6.54 Å². The van der Waals surface area contributed by atoms with Gasteiger partial charge in [-0.1, -0.05) is 19.4 Å². The summed E-state index contributed by atoms with van der Waals surface area (Å²) >= 11 is 0. The van der Waals surface area contributed by atoms with Crippen molar-refractivity contribution in [2.45, 2.75) is 44.9 Å². The first-order valence-corrected chi connectivity index (χ1v) is 8.70. The Kier molecular flexibility index (Phi) is 7.01. The summed E-state index contributed by atoms with van der Waals surface area (Å²) in [4.78, 5) is 4.81. The highest BCUT2D eigenvalue weighted by Gasteiger charge is 2.44. The first-order valence-electron chi connectivity index (χ1n) is 8.70. The Hall–Kier alpha value is -1.18. The summed E-state index contributed by atoms with van der Waals surface area (Å²) in [6.45, 7) is 7.30. The number of rotatable bonds is 7. The summed E-state index contributed by atoms with van der Waals surface area (Å²) in [5, 5.41) is 6.74. The number of ether oxygens (including phenoxy) is 2. The zero-order chi connectivity index (χ0) is 16.1. The molecule has 1 aliphatic heterocycles. The van der Waals surface area contributed by atoms with E-state index in [1.54, 1.807) is 0 Å². The molecule has 0 aromatic heterocycles. The number of hydrogen-bond donors (Lipinski definition) is 2. The fourth-order valence-corrected chi connectivity index (χ4v) is 2.87. The Morgan fingerprint density at radius 2 is 1.96 bits per heavy atom. The molecule has 0 radical (unpaired) electrons. The first kappa shape index (κ1) is 19.1. The molecule has 3 rings (SSSR count). The van der Waals surface area contributed by atoms with Gasteiger partial charge in [-0.2, -0.15) is 0 Å². The van der Waals surface area contributed by atoms with E-state index in [0.29, 0.717) is 6.79 Å². The third kappa shape index (κ3) is 4.46. The maximum Gasteiger partial charge on any atom is 0.231 e. The van der Waals surface area contributed by atoms with Crippen LogP contribution in [0.25, 0.3) is 0 Å². The van der Waals surface area contributed by atoms with Gasteiger partial charge < -0.3 is 20.1 Å². The molecule has 1 saturated carbocycles. The van der Waals surface area contributed by atoms with Gasteiger partial charge in [0, 0.05) is 18.5 Å². The number of guanidine groups is 1. The van der Waals surface area contributed by atoms with Crippen LogP contribution in [0.4, 0.5) is 0 Å². The second-order valence-electron chi connectivity index (χ2n) is 6.32. The van der Waals surface area contributed by atoms with E-state index in [0.717, 1.165) is 43.5 Å². The Morgan fingerprint density at radius 1 is 1.17 bits per heavy atom. The molecule has 0 spiro atoms. The van der Waals surface area contributed by atoms with Crippen molar-refractivity contribution in [3.8, 4) is 11.5 Å². The first-order chi connectivity index (χ1) is 11.3. The van der Waals surface area contributed by atoms with Gasteiger partial charge in [-0.15, -0.1) is 24.0 Å². The smallest absolute Gasteiger partial charge is 0.231 e. The number of benzene rings is 1. The number of aliphatic imine (C=N–C) groups is 1. The average molecular weight is 445 g/mol. The van der Waals surface area contributed by atoms with Crippen LogP contribution in [0.1, 0.15) is 45.1 Å². The zero-order valence-corrected chi connectivity index (χ0v) is 16.9. The molecule has 5 nitrogen and oxygen atoms in total. The molecular formula is C18H28IN3O2. The Labute approximate surface area is 161 Å². The van der Waals surface area contributed by atoms with Gasteiger partial charge in [-0.3, -0.25) is 4.99 Å². The summed E-state index contributed by atoms with van der Waals surface area (Å²) in [5.41, 5.74) is 1.49. The van der Waals surface area contributed by atoms with Crippen LogP contribution in [0, 0.1) is 0 Å². The minimum Gasteiger partial charge on any atom is -0.454 e. The molecule has 1 heterocycles. The lowest BCUT2D eigenvalue weighted by molar-refractivity contribution is 0.174. The topological polar surface area (TPSA) is 54.9 Å². The summed E-state index contributed by atoms with van der Waals surface area (Å²) in [5.74, 6) is 2.64. The molecule has 1 aromatic carbocycles. The fourth-order valence-electron chi connectivity index (χ4n) is 2.87. The second kappa shape index (κ2) is 8.78. The molecule has 1 aromatic rings. The van der Waals surface area contributed by atoms with Crippen LogP contribution >= 0.6 is 24.0 Å². The largest absolute Gasteiger partial charge is 0.454 e. The maximum atomic E-state index is 5.51. The number of nitrogens with one attached hydrogen (secondary N) is 2. The van der Waals surface area contributed by atoms with Crippen LogP contribution in [0.3, 0.4) is 0 Å². The highest BCUT2D eigenvalue weighted by molar-refractivity contribution is 14.0. The van der Waals surface area contributed by atoms with Gasteiger partial charge in [0.1, 0.15) is 0 Å². The maximum absolute atomic E-state index is 5.51. The lowest BCUT2D eigenvalue weighted by atomic mass is 9.96. The summed E-state index contributed by atoms with van der Waals surface area (Å²) < 4.78 is 10.9. The quantitative estimate of drug-likeness (QED) is 0.292. The van der Waals surface area contributed by atoms with Crippen molar-refractivity contribution in [3.63, 3.8) is 0 Å². The van der Waals surface area contributed by atoms with Crippen molar-refractivity contribution in [3.05, 3.63) is 23.8 Å². The van der Waals surface area contributed by atoms with Gasteiger partial charge in [-0.25, -0.2) is 0 Å². The van der Waals surface area contributed by atoms with Gasteiger partial charge in [0.2, 0.25) is 6.79 Å². The Morgan fingerprint density at radius 3 is 2.67 bits per heavy atom. The van der Waals surface area contributed by atoms with E-state index < -0.39 is 0 Å². The van der Waals surface area contributed by atoms with Crippen LogP contribution < -0.4 is 20.1 Å². The van der Waals surface area contributed by atoms with E-state index in [4.69, 9.17) is 14.5 Å². The number of halogens is 1. The van der Waals surface area contributed by atoms with Crippen LogP contribution in [0.5, 0.6) is 11.5 Å². The van der Waals surface area contributed by atoms with E-state index in [1.807, 2.05) is 6.07 Å². The molecule has 2 N–H and O–H groups in total. The highest BCUT2D eigenvalue weighted by atomic mass is 127. The van der Waals surface area contributed by atoms with Crippen molar-refractivity contribution in [1.82, 2.24) is 10.6 Å². The second-order valence-corrected chi connectivity index (χ2v) is 6.32. The van der Waals surface area contributed by atoms with E-state index >= 15 is 0 Å². The van der Waals surface area contributed by atoms with Crippen molar-refractivity contribution in [1.29, 1.82) is 0 Å². The van der Waals surface area contributed by atoms with Gasteiger partial charge in [0.15, 0.2) is 17.5 Å². The van der Waals surface area contributed by atoms with Crippen LogP contribution in [0.2, 0.25) is 0 Å². The minimum atomic E-state index is 0. The summed E-state index contributed by atoms with van der Waals surface area (Å²) in [6.07, 6.45) is 4.72. The molecular weight excluding hydrogens is 417 g/mol. The lowest BCUT2D eigenvalue weighted by Crippen LogP contribution is -2.38. The number of hydrogen-bond acceptors (Lipinski definition) is 3. The van der Waals surface area contributed by atoms with E-state index in [9.17, 15) is 0 Å². The standard InChI is InChI=1S/C18H27N3O2.HI/c1-3-5-10-20-17(19-4-2)21-12-18(8-9-18)14-6-7-15-16(11-14)23-13-22-15;/h6-7,11H,3-5,8-10,12-13H2,1-2H3,(H2,19,20,21);1H. The molecule has 0 amide bonds. The average Bonchev–Trinajstić information content (AvgIpc) is 3.21. The van der Waals surface area contributed by atoms with Crippen molar-refractivity contribution < 1.29 is 9.47 Å². The Bertz CT molecular complexity index is 573. The van der Waals surface area contributed by atoms with E-state index in [1.165, 1.54) is 24.8 Å². The lowest BCUT2D eigenvalue weighted by Gasteiger charge is -2.16. The van der Waals surface area contributed by atoms with Gasteiger partial charge in [0.25, 0.3) is 0 Å². The molecule has 0 saturated heterocycles. The molecule has 0 bridgehead atoms. The van der Waals surface area contributed by atoms with Crippen molar-refractivity contribution in [2.75, 3.05) is 26.4 Å². The predicted molar refractivity (Wildman–Crippen MR) is 108 cm³/mol.